The minimum Gasteiger partial charge on any atom is -0.309 e. The molecule has 1 fully saturated rings. The van der Waals surface area contributed by atoms with E-state index in [0.717, 1.165) is 21.8 Å². The summed E-state index contributed by atoms with van der Waals surface area (Å²) in [6, 6.07) is 1.86. The minimum absolute atomic E-state index is 0.115. The van der Waals surface area contributed by atoms with Gasteiger partial charge in [-0.05, 0) is 30.2 Å². The number of rotatable bonds is 4. The highest BCUT2D eigenvalue weighted by Crippen LogP contribution is 2.28. The van der Waals surface area contributed by atoms with E-state index in [9.17, 15) is 8.42 Å². The molecule has 1 atom stereocenters. The molecule has 1 unspecified atom stereocenters. The van der Waals surface area contributed by atoms with Gasteiger partial charge in [0.1, 0.15) is 16.7 Å². The van der Waals surface area contributed by atoms with Crippen LogP contribution in [0.2, 0.25) is 0 Å². The highest BCUT2D eigenvalue weighted by atomic mass is 32.2. The van der Waals surface area contributed by atoms with Crippen molar-refractivity contribution in [1.82, 2.24) is 24.7 Å². The Balaban J connectivity index is 1.74. The summed E-state index contributed by atoms with van der Waals surface area (Å²) < 4.78 is 25.2. The van der Waals surface area contributed by atoms with Crippen LogP contribution in [-0.4, -0.2) is 44.7 Å². The van der Waals surface area contributed by atoms with Crippen molar-refractivity contribution in [2.45, 2.75) is 49.2 Å². The fourth-order valence-electron chi connectivity index (χ4n) is 2.76. The van der Waals surface area contributed by atoms with Crippen molar-refractivity contribution in [2.24, 2.45) is 13.0 Å². The molecule has 0 bridgehead atoms. The van der Waals surface area contributed by atoms with E-state index in [-0.39, 0.29) is 22.8 Å². The molecule has 136 valence electrons. The van der Waals surface area contributed by atoms with Gasteiger partial charge >= 0.3 is 0 Å². The Morgan fingerprint density at radius 1 is 1.32 bits per heavy atom. The van der Waals surface area contributed by atoms with Crippen molar-refractivity contribution in [3.05, 3.63) is 23.9 Å². The SMILES string of the molecule is Cn1c(CC2CCS(=O)(=O)C2)nnc1Sc1ccnc(C(C)(C)C)n1. The van der Waals surface area contributed by atoms with Gasteiger partial charge in [0.25, 0.3) is 0 Å². The molecular formula is C16H23N5O2S2. The van der Waals surface area contributed by atoms with E-state index in [1.54, 1.807) is 6.20 Å². The molecule has 0 aliphatic carbocycles. The van der Waals surface area contributed by atoms with E-state index >= 15 is 0 Å². The minimum atomic E-state index is -2.87. The maximum atomic E-state index is 11.6. The summed E-state index contributed by atoms with van der Waals surface area (Å²) in [7, 11) is -0.959. The molecule has 2 aromatic heterocycles. The molecule has 3 rings (SSSR count). The van der Waals surface area contributed by atoms with Crippen molar-refractivity contribution < 1.29 is 8.42 Å². The fourth-order valence-corrected chi connectivity index (χ4v) is 5.39. The molecule has 1 aliphatic heterocycles. The molecule has 1 saturated heterocycles. The standard InChI is InChI=1S/C16H23N5O2S2/c1-16(2,3)14-17-7-5-13(18-14)24-15-20-19-12(21(15)4)9-11-6-8-25(22,23)10-11/h5,7,11H,6,8-10H2,1-4H3. The first-order valence-corrected chi connectivity index (χ1v) is 10.9. The average molecular weight is 382 g/mol. The Labute approximate surface area is 152 Å². The first kappa shape index (κ1) is 18.3. The van der Waals surface area contributed by atoms with Gasteiger partial charge in [-0.2, -0.15) is 0 Å². The fraction of sp³-hybridized carbons (Fsp3) is 0.625. The number of sulfone groups is 1. The number of aromatic nitrogens is 5. The molecule has 0 amide bonds. The van der Waals surface area contributed by atoms with Crippen LogP contribution < -0.4 is 0 Å². The zero-order chi connectivity index (χ0) is 18.2. The van der Waals surface area contributed by atoms with E-state index in [4.69, 9.17) is 0 Å². The maximum Gasteiger partial charge on any atom is 0.197 e. The predicted octanol–water partition coefficient (Wildman–Crippen LogP) is 2.03. The lowest BCUT2D eigenvalue weighted by atomic mass is 9.96. The van der Waals surface area contributed by atoms with Crippen LogP contribution in [-0.2, 0) is 28.7 Å². The second-order valence-electron chi connectivity index (χ2n) is 7.50. The Morgan fingerprint density at radius 3 is 2.72 bits per heavy atom. The zero-order valence-corrected chi connectivity index (χ0v) is 16.6. The van der Waals surface area contributed by atoms with E-state index < -0.39 is 9.84 Å². The van der Waals surface area contributed by atoms with Crippen LogP contribution in [0.5, 0.6) is 0 Å². The van der Waals surface area contributed by atoms with E-state index in [0.29, 0.717) is 12.8 Å². The summed E-state index contributed by atoms with van der Waals surface area (Å²) in [6.45, 7) is 6.23. The van der Waals surface area contributed by atoms with Crippen LogP contribution in [0.15, 0.2) is 22.4 Å². The zero-order valence-electron chi connectivity index (χ0n) is 14.9. The Morgan fingerprint density at radius 2 is 2.08 bits per heavy atom. The summed E-state index contributed by atoms with van der Waals surface area (Å²) >= 11 is 1.44. The smallest absolute Gasteiger partial charge is 0.197 e. The van der Waals surface area contributed by atoms with Gasteiger partial charge in [0, 0.05) is 25.1 Å². The molecule has 0 aromatic carbocycles. The quantitative estimate of drug-likeness (QED) is 0.748. The van der Waals surface area contributed by atoms with Gasteiger partial charge in [0.05, 0.1) is 11.5 Å². The summed E-state index contributed by atoms with van der Waals surface area (Å²) in [5.41, 5.74) is -0.115. The largest absolute Gasteiger partial charge is 0.309 e. The molecule has 0 spiro atoms. The molecule has 9 heteroatoms. The van der Waals surface area contributed by atoms with Crippen molar-refractivity contribution in [1.29, 1.82) is 0 Å². The van der Waals surface area contributed by atoms with Gasteiger partial charge in [-0.1, -0.05) is 20.8 Å². The summed E-state index contributed by atoms with van der Waals surface area (Å²) in [6.07, 6.45) is 3.11. The lowest BCUT2D eigenvalue weighted by molar-refractivity contribution is 0.538. The highest BCUT2D eigenvalue weighted by Gasteiger charge is 2.29. The highest BCUT2D eigenvalue weighted by molar-refractivity contribution is 7.99. The van der Waals surface area contributed by atoms with Crippen LogP contribution in [0.3, 0.4) is 0 Å². The van der Waals surface area contributed by atoms with Crippen LogP contribution in [0.25, 0.3) is 0 Å². The first-order valence-electron chi connectivity index (χ1n) is 8.24. The Hall–Kier alpha value is -1.48. The van der Waals surface area contributed by atoms with Crippen LogP contribution in [0.4, 0.5) is 0 Å². The lowest BCUT2D eigenvalue weighted by Crippen LogP contribution is -2.15. The number of hydrogen-bond donors (Lipinski definition) is 0. The molecule has 1 aliphatic rings. The maximum absolute atomic E-state index is 11.6. The van der Waals surface area contributed by atoms with Gasteiger partial charge in [-0.15, -0.1) is 10.2 Å². The summed E-state index contributed by atoms with van der Waals surface area (Å²) in [5.74, 6) is 2.28. The van der Waals surface area contributed by atoms with Gasteiger partial charge in [0.15, 0.2) is 15.0 Å². The Kier molecular flexibility index (Phi) is 4.89. The Bertz CT molecular complexity index is 871. The molecule has 0 saturated carbocycles. The normalized spacial score (nSPS) is 20.1. The van der Waals surface area contributed by atoms with E-state index in [1.165, 1.54) is 11.8 Å². The van der Waals surface area contributed by atoms with Crippen molar-refractivity contribution in [3.8, 4) is 0 Å². The molecule has 25 heavy (non-hydrogen) atoms. The van der Waals surface area contributed by atoms with Gasteiger partial charge in [-0.25, -0.2) is 18.4 Å². The van der Waals surface area contributed by atoms with Crippen LogP contribution in [0, 0.1) is 5.92 Å². The number of nitrogens with zero attached hydrogens (tertiary/aromatic N) is 5. The third-order valence-electron chi connectivity index (χ3n) is 4.22. The molecule has 3 heterocycles. The van der Waals surface area contributed by atoms with Crippen molar-refractivity contribution in [3.63, 3.8) is 0 Å². The molecule has 0 N–H and O–H groups in total. The second-order valence-corrected chi connectivity index (χ2v) is 10.7. The third kappa shape index (κ3) is 4.38. The molecule has 0 radical (unpaired) electrons. The van der Waals surface area contributed by atoms with Gasteiger partial charge in [0.2, 0.25) is 0 Å². The van der Waals surface area contributed by atoms with E-state index in [2.05, 4.69) is 40.9 Å². The lowest BCUT2D eigenvalue weighted by Gasteiger charge is -2.16. The number of hydrogen-bond acceptors (Lipinski definition) is 7. The van der Waals surface area contributed by atoms with Crippen LogP contribution >= 0.6 is 11.8 Å². The van der Waals surface area contributed by atoms with Gasteiger partial charge in [-0.3, -0.25) is 0 Å². The first-order chi connectivity index (χ1) is 11.6. The molecule has 7 nitrogen and oxygen atoms in total. The predicted molar refractivity (Wildman–Crippen MR) is 96.3 cm³/mol. The third-order valence-corrected chi connectivity index (χ3v) is 7.03. The van der Waals surface area contributed by atoms with Gasteiger partial charge < -0.3 is 4.57 Å². The second kappa shape index (κ2) is 6.68. The molecular weight excluding hydrogens is 358 g/mol. The topological polar surface area (TPSA) is 90.6 Å². The summed E-state index contributed by atoms with van der Waals surface area (Å²) in [5, 5.41) is 10.1. The molecule has 2 aromatic rings. The van der Waals surface area contributed by atoms with E-state index in [1.807, 2.05) is 17.7 Å². The van der Waals surface area contributed by atoms with Crippen molar-refractivity contribution in [2.75, 3.05) is 11.5 Å². The summed E-state index contributed by atoms with van der Waals surface area (Å²) in [4.78, 5) is 8.94. The van der Waals surface area contributed by atoms with Crippen molar-refractivity contribution >= 4 is 21.6 Å². The van der Waals surface area contributed by atoms with Crippen LogP contribution in [0.1, 0.15) is 38.8 Å². The average Bonchev–Trinajstić information content (AvgIpc) is 3.03. The monoisotopic (exact) mass is 381 g/mol.